The van der Waals surface area contributed by atoms with Crippen molar-refractivity contribution in [3.05, 3.63) is 89.1 Å². The Balaban J connectivity index is 1.42. The topological polar surface area (TPSA) is 132 Å². The first-order valence-corrected chi connectivity index (χ1v) is 11.5. The highest BCUT2D eigenvalue weighted by Crippen LogP contribution is 2.19. The monoisotopic (exact) mass is 465 g/mol. The van der Waals surface area contributed by atoms with E-state index in [0.29, 0.717) is 17.3 Å². The molecule has 0 spiro atoms. The summed E-state index contributed by atoms with van der Waals surface area (Å²) in [5.41, 5.74) is 2.00. The van der Waals surface area contributed by atoms with Crippen molar-refractivity contribution >= 4 is 21.9 Å². The molecule has 0 aliphatic carbocycles. The fourth-order valence-corrected chi connectivity index (χ4v) is 4.32. The number of carbonyl (C=O) groups is 1. The van der Waals surface area contributed by atoms with Crippen molar-refractivity contribution in [3.63, 3.8) is 0 Å². The molecule has 1 aliphatic rings. The molecule has 1 unspecified atom stereocenters. The van der Waals surface area contributed by atoms with E-state index in [1.165, 1.54) is 42.8 Å². The summed E-state index contributed by atoms with van der Waals surface area (Å²) >= 11 is 0. The van der Waals surface area contributed by atoms with E-state index >= 15 is 0 Å². The largest absolute Gasteiger partial charge is 0.530 e. The molecule has 1 heterocycles. The normalized spacial score (nSPS) is 16.8. The molecule has 3 aromatic rings. The third kappa shape index (κ3) is 5.47. The minimum absolute atomic E-state index is 0.00157. The van der Waals surface area contributed by atoms with Crippen molar-refractivity contribution in [2.75, 3.05) is 11.9 Å². The predicted octanol–water partition coefficient (Wildman–Crippen LogP) is 0.968. The van der Waals surface area contributed by atoms with Gasteiger partial charge in [-0.15, -0.1) is 0 Å². The van der Waals surface area contributed by atoms with Gasteiger partial charge in [0.1, 0.15) is 16.7 Å². The summed E-state index contributed by atoms with van der Waals surface area (Å²) in [5.74, 6) is -1.39. The lowest BCUT2D eigenvalue weighted by Gasteiger charge is -2.20. The Morgan fingerprint density at radius 3 is 2.39 bits per heavy atom. The molecule has 1 atom stereocenters. The molecule has 10 heteroatoms. The molecule has 0 saturated heterocycles. The molecule has 0 bridgehead atoms. The van der Waals surface area contributed by atoms with Crippen molar-refractivity contribution in [2.45, 2.75) is 24.0 Å². The van der Waals surface area contributed by atoms with Crippen molar-refractivity contribution in [1.82, 2.24) is 5.32 Å². The molecule has 0 aromatic heterocycles. The second kappa shape index (κ2) is 8.91. The van der Waals surface area contributed by atoms with Gasteiger partial charge in [-0.25, -0.2) is 9.98 Å². The predicted molar refractivity (Wildman–Crippen MR) is 119 cm³/mol. The summed E-state index contributed by atoms with van der Waals surface area (Å²) < 4.78 is 30.6. The van der Waals surface area contributed by atoms with Gasteiger partial charge in [-0.1, -0.05) is 30.3 Å². The quantitative estimate of drug-likeness (QED) is 0.477. The molecule has 9 nitrogen and oxygen atoms in total. The van der Waals surface area contributed by atoms with Crippen LogP contribution >= 0.6 is 0 Å². The van der Waals surface area contributed by atoms with Gasteiger partial charge in [0.15, 0.2) is 0 Å². The van der Waals surface area contributed by atoms with E-state index in [1.54, 1.807) is 12.1 Å². The highest BCUT2D eigenvalue weighted by Gasteiger charge is 2.25. The molecule has 0 fully saturated rings. The maximum Gasteiger partial charge on any atom is 0.339 e. The number of benzene rings is 3. The summed E-state index contributed by atoms with van der Waals surface area (Å²) in [6.07, 6.45) is -0.674. The summed E-state index contributed by atoms with van der Waals surface area (Å²) in [7, 11) is -4.08. The Morgan fingerprint density at radius 2 is 1.70 bits per heavy atom. The minimum atomic E-state index is -4.08. The standard InChI is InChI=1S/C23H22N4O5S/c1-23(27-22(28)29)25-20-12-9-18(15-21(20)26-23)32-33(30,31)19-10-7-17(8-11-19)24-14-13-16-5-3-2-4-6-16/h2-12,15,24,27H,13-14H2,1H3,(H,28,29)/p-1. The van der Waals surface area contributed by atoms with Gasteiger partial charge in [0.2, 0.25) is 5.79 Å². The van der Waals surface area contributed by atoms with Gasteiger partial charge >= 0.3 is 10.1 Å². The highest BCUT2D eigenvalue weighted by molar-refractivity contribution is 7.87. The Bertz CT molecular complexity index is 1390. The summed E-state index contributed by atoms with van der Waals surface area (Å²) in [5, 5.41) is 16.9. The smallest absolute Gasteiger partial charge is 0.339 e. The fourth-order valence-electron chi connectivity index (χ4n) is 3.39. The first kappa shape index (κ1) is 22.3. The van der Waals surface area contributed by atoms with E-state index in [4.69, 9.17) is 4.18 Å². The number of nitrogens with one attached hydrogen (secondary N) is 2. The molecule has 33 heavy (non-hydrogen) atoms. The van der Waals surface area contributed by atoms with Gasteiger partial charge in [-0.3, -0.25) is 0 Å². The van der Waals surface area contributed by atoms with Crippen LogP contribution in [-0.2, 0) is 16.5 Å². The minimum Gasteiger partial charge on any atom is -0.530 e. The van der Waals surface area contributed by atoms with E-state index in [2.05, 4.69) is 32.8 Å². The van der Waals surface area contributed by atoms with E-state index in [0.717, 1.165) is 12.1 Å². The van der Waals surface area contributed by atoms with Crippen molar-refractivity contribution < 1.29 is 22.5 Å². The molecule has 4 rings (SSSR count). The lowest BCUT2D eigenvalue weighted by molar-refractivity contribution is -0.252. The molecule has 170 valence electrons. The lowest BCUT2D eigenvalue weighted by atomic mass is 10.1. The SMILES string of the molecule is CC1(NC(=O)[O-])N=c2ccc(OS(=O)(=O)c3ccc(NCCc4ccccc4)cc3)cc2=N1. The van der Waals surface area contributed by atoms with Gasteiger partial charge < -0.3 is 24.7 Å². The molecule has 1 amide bonds. The van der Waals surface area contributed by atoms with Crippen LogP contribution in [0.2, 0.25) is 0 Å². The van der Waals surface area contributed by atoms with Crippen LogP contribution in [0.5, 0.6) is 5.75 Å². The van der Waals surface area contributed by atoms with Crippen LogP contribution in [0, 0.1) is 0 Å². The van der Waals surface area contributed by atoms with Crippen LogP contribution < -0.4 is 30.6 Å². The van der Waals surface area contributed by atoms with Crippen molar-refractivity contribution in [3.8, 4) is 5.75 Å². The zero-order valence-corrected chi connectivity index (χ0v) is 18.5. The number of carbonyl (C=O) groups excluding carboxylic acids is 1. The Labute approximate surface area is 190 Å². The van der Waals surface area contributed by atoms with Crippen LogP contribution in [0.1, 0.15) is 12.5 Å². The molecule has 0 radical (unpaired) electrons. The number of rotatable bonds is 8. The van der Waals surface area contributed by atoms with Gasteiger partial charge in [-0.2, -0.15) is 8.42 Å². The number of nitrogens with zero attached hydrogens (tertiary/aromatic N) is 2. The maximum atomic E-state index is 12.7. The zero-order chi connectivity index (χ0) is 23.5. The Kier molecular flexibility index (Phi) is 6.01. The molecule has 1 aliphatic heterocycles. The number of hydrogen-bond acceptors (Lipinski definition) is 8. The van der Waals surface area contributed by atoms with Gasteiger partial charge in [0.25, 0.3) is 0 Å². The molecule has 0 saturated carbocycles. The summed E-state index contributed by atoms with van der Waals surface area (Å²) in [6.45, 7) is 2.16. The number of anilines is 1. The van der Waals surface area contributed by atoms with Crippen molar-refractivity contribution in [2.24, 2.45) is 9.98 Å². The third-order valence-electron chi connectivity index (χ3n) is 4.90. The molecular formula is C23H21N4O5S-. The molecule has 3 aromatic carbocycles. The summed E-state index contributed by atoms with van der Waals surface area (Å²) in [4.78, 5) is 19.2. The average molecular weight is 466 g/mol. The Morgan fingerprint density at radius 1 is 1.00 bits per heavy atom. The number of carboxylic acid groups (broad SMARTS) is 1. The van der Waals surface area contributed by atoms with Crippen LogP contribution in [0.3, 0.4) is 0 Å². The zero-order valence-electron chi connectivity index (χ0n) is 17.7. The number of fused-ring (bicyclic) bond motifs is 1. The fraction of sp³-hybridized carbons (Fsp3) is 0.174. The highest BCUT2D eigenvalue weighted by atomic mass is 32.2. The lowest BCUT2D eigenvalue weighted by Crippen LogP contribution is -2.48. The van der Waals surface area contributed by atoms with E-state index in [1.807, 2.05) is 18.2 Å². The third-order valence-corrected chi connectivity index (χ3v) is 6.16. The number of hydrogen-bond donors (Lipinski definition) is 2. The number of amides is 1. The maximum absolute atomic E-state index is 12.7. The van der Waals surface area contributed by atoms with Crippen LogP contribution in [0.25, 0.3) is 0 Å². The molecule has 2 N–H and O–H groups in total. The summed E-state index contributed by atoms with van der Waals surface area (Å²) in [6, 6.07) is 20.7. The van der Waals surface area contributed by atoms with Crippen molar-refractivity contribution in [1.29, 1.82) is 0 Å². The Hall–Kier alpha value is -3.92. The van der Waals surface area contributed by atoms with Crippen LogP contribution in [-0.4, -0.2) is 26.8 Å². The van der Waals surface area contributed by atoms with Crippen LogP contribution in [0.4, 0.5) is 10.5 Å². The van der Waals surface area contributed by atoms with Crippen LogP contribution in [0.15, 0.2) is 87.7 Å². The van der Waals surface area contributed by atoms with E-state index in [-0.39, 0.29) is 10.6 Å². The second-order valence-electron chi connectivity index (χ2n) is 7.53. The van der Waals surface area contributed by atoms with E-state index in [9.17, 15) is 18.3 Å². The second-order valence-corrected chi connectivity index (χ2v) is 9.08. The molecular weight excluding hydrogens is 444 g/mol. The van der Waals surface area contributed by atoms with Gasteiger partial charge in [-0.05, 0) is 48.4 Å². The first-order chi connectivity index (χ1) is 15.7. The first-order valence-electron chi connectivity index (χ1n) is 10.1. The van der Waals surface area contributed by atoms with Gasteiger partial charge in [0.05, 0.1) is 10.7 Å². The average Bonchev–Trinajstić information content (AvgIpc) is 3.08. The van der Waals surface area contributed by atoms with Gasteiger partial charge in [0, 0.05) is 25.2 Å². The van der Waals surface area contributed by atoms with E-state index < -0.39 is 22.0 Å².